The third-order valence-electron chi connectivity index (χ3n) is 4.62. The first-order chi connectivity index (χ1) is 10.3. The van der Waals surface area contributed by atoms with Crippen LogP contribution in [0.1, 0.15) is 38.2 Å². The second-order valence-electron chi connectivity index (χ2n) is 6.48. The van der Waals surface area contributed by atoms with Crippen molar-refractivity contribution in [2.45, 2.75) is 45.2 Å². The van der Waals surface area contributed by atoms with E-state index in [-0.39, 0.29) is 12.4 Å². The Morgan fingerprint density at radius 3 is 2.36 bits per heavy atom. The molecule has 1 aliphatic carbocycles. The molecule has 4 heteroatoms. The lowest BCUT2D eigenvalue weighted by atomic mass is 10.0. The third kappa shape index (κ3) is 5.45. The lowest BCUT2D eigenvalue weighted by Gasteiger charge is -2.32. The molecule has 124 valence electrons. The van der Waals surface area contributed by atoms with E-state index in [1.165, 1.54) is 50.9 Å². The first-order valence-corrected chi connectivity index (χ1v) is 8.51. The van der Waals surface area contributed by atoms with Crippen LogP contribution < -0.4 is 10.1 Å². The van der Waals surface area contributed by atoms with Crippen molar-refractivity contribution in [2.24, 2.45) is 5.92 Å². The molecule has 0 atom stereocenters. The van der Waals surface area contributed by atoms with Crippen LogP contribution >= 0.6 is 12.4 Å². The van der Waals surface area contributed by atoms with Crippen molar-refractivity contribution in [3.05, 3.63) is 29.8 Å². The standard InChI is InChI=1S/C18H28N2O.ClH/c1-2-21-18-7-5-16(6-8-18)14-20-11-9-17(10-12-20)19-13-15-3-4-15;/h5-8,15,17,19H,2-4,9-14H2,1H3;1H. The SMILES string of the molecule is CCOc1ccc(CN2CCC(NCC3CC3)CC2)cc1.Cl. The van der Waals surface area contributed by atoms with Crippen LogP contribution in [0.25, 0.3) is 0 Å². The lowest BCUT2D eigenvalue weighted by molar-refractivity contribution is 0.190. The predicted octanol–water partition coefficient (Wildman–Crippen LogP) is 3.47. The molecule has 2 fully saturated rings. The van der Waals surface area contributed by atoms with Crippen LogP contribution in [0.2, 0.25) is 0 Å². The number of nitrogens with one attached hydrogen (secondary N) is 1. The molecule has 1 aromatic carbocycles. The summed E-state index contributed by atoms with van der Waals surface area (Å²) in [5.41, 5.74) is 1.39. The van der Waals surface area contributed by atoms with Gasteiger partial charge in [0.15, 0.2) is 0 Å². The predicted molar refractivity (Wildman–Crippen MR) is 93.9 cm³/mol. The van der Waals surface area contributed by atoms with E-state index in [1.807, 2.05) is 6.92 Å². The molecule has 3 nitrogen and oxygen atoms in total. The van der Waals surface area contributed by atoms with Crippen LogP contribution in [-0.4, -0.2) is 37.2 Å². The summed E-state index contributed by atoms with van der Waals surface area (Å²) in [6.45, 7) is 7.52. The van der Waals surface area contributed by atoms with Gasteiger partial charge in [-0.2, -0.15) is 0 Å². The maximum absolute atomic E-state index is 5.49. The van der Waals surface area contributed by atoms with Crippen molar-refractivity contribution < 1.29 is 4.74 Å². The monoisotopic (exact) mass is 324 g/mol. The number of piperidine rings is 1. The first kappa shape index (κ1) is 17.6. The minimum absolute atomic E-state index is 0. The molecule has 3 rings (SSSR count). The molecule has 1 saturated heterocycles. The molecule has 1 aliphatic heterocycles. The van der Waals surface area contributed by atoms with Gasteiger partial charge in [-0.25, -0.2) is 0 Å². The molecule has 1 heterocycles. The summed E-state index contributed by atoms with van der Waals surface area (Å²) >= 11 is 0. The molecular weight excluding hydrogens is 296 g/mol. The lowest BCUT2D eigenvalue weighted by Crippen LogP contribution is -2.42. The molecule has 2 aliphatic rings. The van der Waals surface area contributed by atoms with Gasteiger partial charge in [0.25, 0.3) is 0 Å². The highest BCUT2D eigenvalue weighted by Crippen LogP contribution is 2.28. The number of hydrogen-bond donors (Lipinski definition) is 1. The van der Waals surface area contributed by atoms with Crippen LogP contribution in [0, 0.1) is 5.92 Å². The molecule has 0 amide bonds. The summed E-state index contributed by atoms with van der Waals surface area (Å²) in [4.78, 5) is 2.57. The zero-order valence-corrected chi connectivity index (χ0v) is 14.4. The van der Waals surface area contributed by atoms with Crippen molar-refractivity contribution in [3.8, 4) is 5.75 Å². The van der Waals surface area contributed by atoms with E-state index >= 15 is 0 Å². The Bertz CT molecular complexity index is 425. The van der Waals surface area contributed by atoms with Gasteiger partial charge < -0.3 is 10.1 Å². The van der Waals surface area contributed by atoms with Gasteiger partial charge in [0.1, 0.15) is 5.75 Å². The molecular formula is C18H29ClN2O. The fourth-order valence-corrected chi connectivity index (χ4v) is 3.07. The Hall–Kier alpha value is -0.770. The quantitative estimate of drug-likeness (QED) is 0.831. The zero-order valence-electron chi connectivity index (χ0n) is 13.6. The molecule has 22 heavy (non-hydrogen) atoms. The number of benzene rings is 1. The van der Waals surface area contributed by atoms with E-state index in [0.717, 1.165) is 30.9 Å². The molecule has 1 saturated carbocycles. The van der Waals surface area contributed by atoms with Gasteiger partial charge in [0, 0.05) is 12.6 Å². The minimum atomic E-state index is 0. The second kappa shape index (κ2) is 8.76. The molecule has 0 bridgehead atoms. The fourth-order valence-electron chi connectivity index (χ4n) is 3.07. The average molecular weight is 325 g/mol. The van der Waals surface area contributed by atoms with Gasteiger partial charge >= 0.3 is 0 Å². The van der Waals surface area contributed by atoms with Crippen LogP contribution in [0.4, 0.5) is 0 Å². The number of nitrogens with zero attached hydrogens (tertiary/aromatic N) is 1. The summed E-state index contributed by atoms with van der Waals surface area (Å²) < 4.78 is 5.49. The maximum atomic E-state index is 5.49. The molecule has 1 aromatic rings. The third-order valence-corrected chi connectivity index (χ3v) is 4.62. The summed E-state index contributed by atoms with van der Waals surface area (Å²) in [6.07, 6.45) is 5.49. The van der Waals surface area contributed by atoms with Crippen molar-refractivity contribution in [1.82, 2.24) is 10.2 Å². The van der Waals surface area contributed by atoms with Crippen LogP contribution in [0.3, 0.4) is 0 Å². The topological polar surface area (TPSA) is 24.5 Å². The van der Waals surface area contributed by atoms with Crippen molar-refractivity contribution in [3.63, 3.8) is 0 Å². The summed E-state index contributed by atoms with van der Waals surface area (Å²) in [5, 5.41) is 3.75. The highest BCUT2D eigenvalue weighted by molar-refractivity contribution is 5.85. The normalized spacial score (nSPS) is 19.7. The second-order valence-corrected chi connectivity index (χ2v) is 6.48. The molecule has 1 N–H and O–H groups in total. The van der Waals surface area contributed by atoms with E-state index in [1.54, 1.807) is 0 Å². The van der Waals surface area contributed by atoms with Crippen molar-refractivity contribution in [1.29, 1.82) is 0 Å². The Morgan fingerprint density at radius 1 is 1.09 bits per heavy atom. The Morgan fingerprint density at radius 2 is 1.77 bits per heavy atom. The van der Waals surface area contributed by atoms with E-state index in [9.17, 15) is 0 Å². The number of likely N-dealkylation sites (tertiary alicyclic amines) is 1. The van der Waals surface area contributed by atoms with Crippen molar-refractivity contribution >= 4 is 12.4 Å². The van der Waals surface area contributed by atoms with Crippen molar-refractivity contribution in [2.75, 3.05) is 26.2 Å². The molecule has 0 radical (unpaired) electrons. The molecule has 0 unspecified atom stereocenters. The van der Waals surface area contributed by atoms with Gasteiger partial charge in [0.05, 0.1) is 6.61 Å². The van der Waals surface area contributed by atoms with Crippen LogP contribution in [-0.2, 0) is 6.54 Å². The number of ether oxygens (including phenoxy) is 1. The van der Waals surface area contributed by atoms with Crippen LogP contribution in [0.15, 0.2) is 24.3 Å². The van der Waals surface area contributed by atoms with Gasteiger partial charge in [-0.1, -0.05) is 12.1 Å². The number of halogens is 1. The smallest absolute Gasteiger partial charge is 0.119 e. The summed E-state index contributed by atoms with van der Waals surface area (Å²) in [5.74, 6) is 1.97. The van der Waals surface area contributed by atoms with Gasteiger partial charge in [-0.05, 0) is 75.9 Å². The van der Waals surface area contributed by atoms with E-state index in [0.29, 0.717) is 0 Å². The average Bonchev–Trinajstić information content (AvgIpc) is 3.33. The Kier molecular flexibility index (Phi) is 7.00. The molecule has 0 aromatic heterocycles. The van der Waals surface area contributed by atoms with E-state index in [2.05, 4.69) is 34.5 Å². The van der Waals surface area contributed by atoms with Gasteiger partial charge in [-0.3, -0.25) is 4.90 Å². The fraction of sp³-hybridized carbons (Fsp3) is 0.667. The minimum Gasteiger partial charge on any atom is -0.494 e. The summed E-state index contributed by atoms with van der Waals surface area (Å²) in [6, 6.07) is 9.32. The highest BCUT2D eigenvalue weighted by atomic mass is 35.5. The van der Waals surface area contributed by atoms with Gasteiger partial charge in [0.2, 0.25) is 0 Å². The van der Waals surface area contributed by atoms with E-state index < -0.39 is 0 Å². The Balaban J connectivity index is 0.00000176. The Labute approximate surface area is 140 Å². The number of rotatable bonds is 7. The highest BCUT2D eigenvalue weighted by Gasteiger charge is 2.24. The van der Waals surface area contributed by atoms with E-state index in [4.69, 9.17) is 4.74 Å². The van der Waals surface area contributed by atoms with Crippen LogP contribution in [0.5, 0.6) is 5.75 Å². The molecule has 0 spiro atoms. The van der Waals surface area contributed by atoms with Gasteiger partial charge in [-0.15, -0.1) is 12.4 Å². The summed E-state index contributed by atoms with van der Waals surface area (Å²) in [7, 11) is 0. The largest absolute Gasteiger partial charge is 0.494 e. The first-order valence-electron chi connectivity index (χ1n) is 8.51. The maximum Gasteiger partial charge on any atom is 0.119 e. The zero-order chi connectivity index (χ0) is 14.5. The number of hydrogen-bond acceptors (Lipinski definition) is 3.